The third kappa shape index (κ3) is 10.3. The maximum absolute atomic E-state index is 4.90. The Morgan fingerprint density at radius 2 is 0.728 bits per heavy atom. The molecule has 17 aromatic rings. The van der Waals surface area contributed by atoms with Gasteiger partial charge in [0.1, 0.15) is 0 Å². The molecule has 0 aliphatic heterocycles. The summed E-state index contributed by atoms with van der Waals surface area (Å²) >= 11 is 0. The van der Waals surface area contributed by atoms with Crippen molar-refractivity contribution in [3.05, 3.63) is 351 Å². The zero-order chi connectivity index (χ0) is 61.2. The SMILES string of the molecule is C(#Cc1cc2c3ccccc3n(-c3ccccc3)c2cc1-c1cnccn1)c1ccc(N(c2ccccc2)c2ccccc2)cc1.c1ccc(N(c2ccccc2)c2ccc(-c3cc4cc5c6ccccc6n(-c6ccccc6)c5cc4c4nccnc34)cc2)cc1. The molecule has 4 aromatic heterocycles. The van der Waals surface area contributed by atoms with Gasteiger partial charge in [0.2, 0.25) is 0 Å². The van der Waals surface area contributed by atoms with E-state index in [-0.39, 0.29) is 0 Å². The second-order valence-corrected chi connectivity index (χ2v) is 22.5. The number of hydrogen-bond donors (Lipinski definition) is 0. The molecule has 17 rings (SSSR count). The van der Waals surface area contributed by atoms with E-state index in [9.17, 15) is 0 Å². The minimum Gasteiger partial charge on any atom is -0.311 e. The van der Waals surface area contributed by atoms with E-state index in [0.717, 1.165) is 123 Å². The van der Waals surface area contributed by atoms with E-state index in [1.54, 1.807) is 31.0 Å². The van der Waals surface area contributed by atoms with E-state index in [4.69, 9.17) is 9.97 Å². The average molecular weight is 1180 g/mol. The van der Waals surface area contributed by atoms with E-state index >= 15 is 0 Å². The molecular weight excluding hydrogens is 1120 g/mol. The summed E-state index contributed by atoms with van der Waals surface area (Å²) in [5.41, 5.74) is 21.0. The summed E-state index contributed by atoms with van der Waals surface area (Å²) in [6.07, 6.45) is 8.82. The predicted octanol–water partition coefficient (Wildman–Crippen LogP) is 21.1. The number of hydrogen-bond acceptors (Lipinski definition) is 6. The Hall–Kier alpha value is -12.7. The molecule has 8 nitrogen and oxygen atoms in total. The van der Waals surface area contributed by atoms with Crippen LogP contribution in [0.1, 0.15) is 11.1 Å². The van der Waals surface area contributed by atoms with Gasteiger partial charge in [0.25, 0.3) is 0 Å². The summed E-state index contributed by atoms with van der Waals surface area (Å²) in [6, 6.07) is 109. The molecule has 92 heavy (non-hydrogen) atoms. The highest BCUT2D eigenvalue weighted by Crippen LogP contribution is 2.42. The first-order valence-electron chi connectivity index (χ1n) is 30.7. The first kappa shape index (κ1) is 54.7. The molecule has 0 saturated heterocycles. The average Bonchev–Trinajstić information content (AvgIpc) is 1.40. The van der Waals surface area contributed by atoms with Gasteiger partial charge in [0.05, 0.1) is 45.0 Å². The minimum atomic E-state index is 0.787. The highest BCUT2D eigenvalue weighted by molar-refractivity contribution is 6.19. The second-order valence-electron chi connectivity index (χ2n) is 22.5. The van der Waals surface area contributed by atoms with Crippen LogP contribution in [0.5, 0.6) is 0 Å². The van der Waals surface area contributed by atoms with E-state index in [2.05, 4.69) is 332 Å². The van der Waals surface area contributed by atoms with Crippen LogP contribution in [0, 0.1) is 11.8 Å². The van der Waals surface area contributed by atoms with Gasteiger partial charge in [-0.3, -0.25) is 19.9 Å². The molecule has 432 valence electrons. The van der Waals surface area contributed by atoms with Gasteiger partial charge < -0.3 is 18.9 Å². The molecule has 0 amide bonds. The molecule has 0 spiro atoms. The predicted molar refractivity (Wildman–Crippen MR) is 380 cm³/mol. The zero-order valence-corrected chi connectivity index (χ0v) is 49.9. The largest absolute Gasteiger partial charge is 0.311 e. The van der Waals surface area contributed by atoms with Crippen LogP contribution in [0.2, 0.25) is 0 Å². The van der Waals surface area contributed by atoms with Crippen LogP contribution in [0.4, 0.5) is 34.1 Å². The Balaban J connectivity index is 0.000000146. The minimum absolute atomic E-state index is 0.787. The number of anilines is 6. The number of para-hydroxylation sites is 8. The maximum atomic E-state index is 4.90. The molecule has 0 unspecified atom stereocenters. The number of aromatic nitrogens is 6. The Labute approximate surface area is 532 Å². The molecular formula is C84H56N8. The van der Waals surface area contributed by atoms with Gasteiger partial charge in [-0.05, 0) is 163 Å². The number of nitrogens with zero attached hydrogens (tertiary/aromatic N) is 8. The lowest BCUT2D eigenvalue weighted by atomic mass is 9.97. The smallest absolute Gasteiger partial charge is 0.0972 e. The van der Waals surface area contributed by atoms with Crippen LogP contribution in [0.15, 0.2) is 340 Å². The van der Waals surface area contributed by atoms with E-state index in [1.807, 2.05) is 18.2 Å². The molecule has 0 aliphatic carbocycles. The van der Waals surface area contributed by atoms with Crippen molar-refractivity contribution in [3.63, 3.8) is 0 Å². The van der Waals surface area contributed by atoms with Crippen molar-refractivity contribution < 1.29 is 0 Å². The molecule has 0 saturated carbocycles. The van der Waals surface area contributed by atoms with Crippen molar-refractivity contribution >= 4 is 99.5 Å². The number of fused-ring (bicyclic) bond motifs is 9. The highest BCUT2D eigenvalue weighted by atomic mass is 15.1. The number of benzene rings is 13. The van der Waals surface area contributed by atoms with Gasteiger partial charge in [0.15, 0.2) is 0 Å². The Morgan fingerprint density at radius 3 is 1.24 bits per heavy atom. The third-order valence-electron chi connectivity index (χ3n) is 17.0. The quantitative estimate of drug-likeness (QED) is 0.100. The molecule has 4 heterocycles. The molecule has 0 bridgehead atoms. The lowest BCUT2D eigenvalue weighted by Gasteiger charge is -2.25. The molecule has 0 aliphatic rings. The Bertz CT molecular complexity index is 5460. The third-order valence-corrected chi connectivity index (χ3v) is 17.0. The summed E-state index contributed by atoms with van der Waals surface area (Å²) in [5.74, 6) is 6.95. The van der Waals surface area contributed by atoms with Crippen molar-refractivity contribution in [2.45, 2.75) is 0 Å². The second kappa shape index (κ2) is 24.1. The van der Waals surface area contributed by atoms with Crippen molar-refractivity contribution in [2.24, 2.45) is 0 Å². The molecule has 0 radical (unpaired) electrons. The van der Waals surface area contributed by atoms with Crippen molar-refractivity contribution in [2.75, 3.05) is 9.80 Å². The summed E-state index contributed by atoms with van der Waals surface area (Å²) in [4.78, 5) is 23.4. The van der Waals surface area contributed by atoms with Gasteiger partial charge in [-0.1, -0.05) is 170 Å². The van der Waals surface area contributed by atoms with Gasteiger partial charge in [-0.25, -0.2) is 0 Å². The van der Waals surface area contributed by atoms with Gasteiger partial charge in [0, 0.05) is 119 Å². The summed E-state index contributed by atoms with van der Waals surface area (Å²) in [7, 11) is 0. The first-order chi connectivity index (χ1) is 45.7. The van der Waals surface area contributed by atoms with Crippen LogP contribution in [-0.4, -0.2) is 29.1 Å². The first-order valence-corrected chi connectivity index (χ1v) is 30.7. The molecule has 8 heteroatoms. The van der Waals surface area contributed by atoms with Crippen LogP contribution in [0.3, 0.4) is 0 Å². The van der Waals surface area contributed by atoms with Gasteiger partial charge in [-0.2, -0.15) is 0 Å². The van der Waals surface area contributed by atoms with Gasteiger partial charge in [-0.15, -0.1) is 0 Å². The monoisotopic (exact) mass is 1180 g/mol. The topological polar surface area (TPSA) is 67.9 Å². The normalized spacial score (nSPS) is 11.2. The lowest BCUT2D eigenvalue weighted by molar-refractivity contribution is 1.17. The molecule has 0 atom stereocenters. The summed E-state index contributed by atoms with van der Waals surface area (Å²) in [5, 5.41) is 7.02. The fraction of sp³-hybridized carbons (Fsp3) is 0. The Morgan fingerprint density at radius 1 is 0.293 bits per heavy atom. The number of rotatable bonds is 10. The molecule has 0 fully saturated rings. The van der Waals surface area contributed by atoms with Crippen LogP contribution < -0.4 is 9.80 Å². The van der Waals surface area contributed by atoms with E-state index < -0.39 is 0 Å². The highest BCUT2D eigenvalue weighted by Gasteiger charge is 2.20. The van der Waals surface area contributed by atoms with Crippen LogP contribution in [0.25, 0.3) is 99.2 Å². The summed E-state index contributed by atoms with van der Waals surface area (Å²) in [6.45, 7) is 0. The lowest BCUT2D eigenvalue weighted by Crippen LogP contribution is -2.09. The molecule has 13 aromatic carbocycles. The summed E-state index contributed by atoms with van der Waals surface area (Å²) < 4.78 is 4.66. The van der Waals surface area contributed by atoms with Crippen LogP contribution >= 0.6 is 0 Å². The van der Waals surface area contributed by atoms with Crippen molar-refractivity contribution in [3.8, 4) is 45.6 Å². The fourth-order valence-corrected chi connectivity index (χ4v) is 12.8. The maximum Gasteiger partial charge on any atom is 0.0972 e. The van der Waals surface area contributed by atoms with Crippen molar-refractivity contribution in [1.82, 2.24) is 29.1 Å². The standard InChI is InChI=1S/2C42H28N4/c1-4-12-31(13-5-1)45(32-14-6-2-7-15-32)34-22-20-29(21-23-34)36-26-30-27-38-35-18-10-11-19-39(35)46(33-16-8-3-9-17-33)40(38)28-37(30)42-41(36)43-24-25-44-42;1-4-12-33(13-5-1)45(34-14-6-2-7-15-34)36-24-21-31(22-25-36)20-23-32-28-39-37-18-10-11-19-41(37)46(35-16-8-3-9-17-35)42(39)29-38(32)40-30-43-26-27-44-40/h1-28H;1-19,21-22,24-30H. The fourth-order valence-electron chi connectivity index (χ4n) is 12.8. The van der Waals surface area contributed by atoms with Gasteiger partial charge >= 0.3 is 0 Å². The van der Waals surface area contributed by atoms with Crippen molar-refractivity contribution in [1.29, 1.82) is 0 Å². The molecule has 0 N–H and O–H groups in total. The van der Waals surface area contributed by atoms with Crippen LogP contribution in [-0.2, 0) is 0 Å². The van der Waals surface area contributed by atoms with E-state index in [0.29, 0.717) is 0 Å². The van der Waals surface area contributed by atoms with E-state index in [1.165, 1.54) is 21.7 Å². The Kier molecular flexibility index (Phi) is 14.3. The zero-order valence-electron chi connectivity index (χ0n) is 49.9.